The summed E-state index contributed by atoms with van der Waals surface area (Å²) >= 11 is 3.25. The molecule has 0 saturated carbocycles. The zero-order chi connectivity index (χ0) is 12.1. The minimum atomic E-state index is -0.411. The average molecular weight is 287 g/mol. The van der Waals surface area contributed by atoms with Crippen molar-refractivity contribution in [2.24, 2.45) is 0 Å². The molecule has 1 aromatic carbocycles. The quantitative estimate of drug-likeness (QED) is 0.800. The first kappa shape index (κ1) is 12.7. The predicted octanol–water partition coefficient (Wildman–Crippen LogP) is 2.30. The Morgan fingerprint density at radius 2 is 2.06 bits per heavy atom. The second-order valence-corrected chi connectivity index (χ2v) is 3.94. The van der Waals surface area contributed by atoms with Gasteiger partial charge in [-0.05, 0) is 33.6 Å². The summed E-state index contributed by atoms with van der Waals surface area (Å²) in [6, 6.07) is 5.05. The maximum absolute atomic E-state index is 11.3. The summed E-state index contributed by atoms with van der Waals surface area (Å²) in [6.07, 6.45) is 0. The Morgan fingerprint density at radius 3 is 2.56 bits per heavy atom. The number of ether oxygens (including phenoxy) is 2. The van der Waals surface area contributed by atoms with Crippen molar-refractivity contribution >= 4 is 27.9 Å². The normalized spacial score (nSPS) is 9.69. The standard InChI is InChI=1S/C11H11BrO4/c1-7(13)16-6-8-3-4-9(10(12)5-8)11(14)15-2/h3-5H,6H2,1-2H3. The van der Waals surface area contributed by atoms with Crippen LogP contribution in [0.2, 0.25) is 0 Å². The highest BCUT2D eigenvalue weighted by Gasteiger charge is 2.10. The Balaban J connectivity index is 2.82. The highest BCUT2D eigenvalue weighted by atomic mass is 79.9. The fourth-order valence-corrected chi connectivity index (χ4v) is 1.70. The van der Waals surface area contributed by atoms with Gasteiger partial charge in [-0.15, -0.1) is 0 Å². The van der Waals surface area contributed by atoms with E-state index in [0.717, 1.165) is 5.56 Å². The summed E-state index contributed by atoms with van der Waals surface area (Å²) < 4.78 is 10.0. The molecule has 0 heterocycles. The van der Waals surface area contributed by atoms with Crippen molar-refractivity contribution in [3.63, 3.8) is 0 Å². The maximum Gasteiger partial charge on any atom is 0.339 e. The number of carbonyl (C=O) groups excluding carboxylic acids is 2. The lowest BCUT2D eigenvalue weighted by Gasteiger charge is -2.06. The lowest BCUT2D eigenvalue weighted by Crippen LogP contribution is -2.04. The van der Waals surface area contributed by atoms with Gasteiger partial charge in [-0.2, -0.15) is 0 Å². The van der Waals surface area contributed by atoms with Crippen LogP contribution in [0.25, 0.3) is 0 Å². The lowest BCUT2D eigenvalue weighted by atomic mass is 10.1. The van der Waals surface area contributed by atoms with E-state index in [2.05, 4.69) is 20.7 Å². The summed E-state index contributed by atoms with van der Waals surface area (Å²) in [4.78, 5) is 21.9. The number of esters is 2. The van der Waals surface area contributed by atoms with Crippen LogP contribution in [0.15, 0.2) is 22.7 Å². The Labute approximate surface area is 102 Å². The van der Waals surface area contributed by atoms with Gasteiger partial charge in [-0.25, -0.2) is 4.79 Å². The monoisotopic (exact) mass is 286 g/mol. The molecular weight excluding hydrogens is 276 g/mol. The second kappa shape index (κ2) is 5.65. The Morgan fingerprint density at radius 1 is 1.38 bits per heavy atom. The fourth-order valence-electron chi connectivity index (χ4n) is 1.11. The number of carbonyl (C=O) groups is 2. The Kier molecular flexibility index (Phi) is 4.49. The Hall–Kier alpha value is -1.36. The van der Waals surface area contributed by atoms with E-state index >= 15 is 0 Å². The van der Waals surface area contributed by atoms with Gasteiger partial charge in [0, 0.05) is 11.4 Å². The molecule has 1 aromatic rings. The van der Waals surface area contributed by atoms with Gasteiger partial charge >= 0.3 is 11.9 Å². The third kappa shape index (κ3) is 3.34. The molecule has 0 N–H and O–H groups in total. The average Bonchev–Trinajstić information content (AvgIpc) is 2.25. The summed E-state index contributed by atoms with van der Waals surface area (Å²) in [6.45, 7) is 1.53. The van der Waals surface area contributed by atoms with Gasteiger partial charge < -0.3 is 9.47 Å². The largest absolute Gasteiger partial charge is 0.465 e. The zero-order valence-corrected chi connectivity index (χ0v) is 10.5. The summed E-state index contributed by atoms with van der Waals surface area (Å²) in [7, 11) is 1.32. The van der Waals surface area contributed by atoms with E-state index in [4.69, 9.17) is 4.74 Å². The molecule has 16 heavy (non-hydrogen) atoms. The molecule has 0 aliphatic carbocycles. The molecule has 0 saturated heterocycles. The van der Waals surface area contributed by atoms with Gasteiger partial charge in [-0.3, -0.25) is 4.79 Å². The smallest absolute Gasteiger partial charge is 0.339 e. The van der Waals surface area contributed by atoms with Crippen molar-refractivity contribution in [1.29, 1.82) is 0 Å². The van der Waals surface area contributed by atoms with E-state index in [0.29, 0.717) is 10.0 Å². The second-order valence-electron chi connectivity index (χ2n) is 3.09. The van der Waals surface area contributed by atoms with Crippen LogP contribution < -0.4 is 0 Å². The number of rotatable bonds is 3. The molecule has 0 aliphatic rings. The van der Waals surface area contributed by atoms with Crippen LogP contribution in [0.4, 0.5) is 0 Å². The third-order valence-electron chi connectivity index (χ3n) is 1.88. The minimum Gasteiger partial charge on any atom is -0.465 e. The van der Waals surface area contributed by atoms with Crippen molar-refractivity contribution < 1.29 is 19.1 Å². The number of halogens is 1. The van der Waals surface area contributed by atoms with Crippen LogP contribution in [-0.2, 0) is 20.9 Å². The summed E-state index contributed by atoms with van der Waals surface area (Å²) in [5.41, 5.74) is 1.24. The molecule has 5 heteroatoms. The molecule has 0 fully saturated rings. The molecular formula is C11H11BrO4. The van der Waals surface area contributed by atoms with Crippen LogP contribution in [0, 0.1) is 0 Å². The van der Waals surface area contributed by atoms with Crippen molar-refractivity contribution in [3.05, 3.63) is 33.8 Å². The molecule has 0 aromatic heterocycles. The van der Waals surface area contributed by atoms with Crippen molar-refractivity contribution in [1.82, 2.24) is 0 Å². The highest BCUT2D eigenvalue weighted by Crippen LogP contribution is 2.20. The topological polar surface area (TPSA) is 52.6 Å². The van der Waals surface area contributed by atoms with Gasteiger partial charge in [0.25, 0.3) is 0 Å². The molecule has 0 amide bonds. The molecule has 0 radical (unpaired) electrons. The van der Waals surface area contributed by atoms with Crippen molar-refractivity contribution in [3.8, 4) is 0 Å². The molecule has 0 spiro atoms. The minimum absolute atomic E-state index is 0.190. The number of benzene rings is 1. The Bertz CT molecular complexity index is 414. The van der Waals surface area contributed by atoms with Gasteiger partial charge in [0.2, 0.25) is 0 Å². The van der Waals surface area contributed by atoms with Gasteiger partial charge in [0.05, 0.1) is 12.7 Å². The van der Waals surface area contributed by atoms with E-state index in [9.17, 15) is 9.59 Å². The third-order valence-corrected chi connectivity index (χ3v) is 2.54. The first-order valence-corrected chi connectivity index (χ1v) is 5.34. The molecule has 0 unspecified atom stereocenters. The van der Waals surface area contributed by atoms with E-state index in [1.807, 2.05) is 0 Å². The molecule has 0 atom stereocenters. The predicted molar refractivity (Wildman–Crippen MR) is 61.0 cm³/mol. The van der Waals surface area contributed by atoms with Crippen LogP contribution in [0.5, 0.6) is 0 Å². The molecule has 86 valence electrons. The van der Waals surface area contributed by atoms with Crippen LogP contribution in [0.1, 0.15) is 22.8 Å². The van der Waals surface area contributed by atoms with Crippen LogP contribution >= 0.6 is 15.9 Å². The van der Waals surface area contributed by atoms with E-state index < -0.39 is 5.97 Å². The SMILES string of the molecule is COC(=O)c1ccc(COC(C)=O)cc1Br. The van der Waals surface area contributed by atoms with E-state index in [1.165, 1.54) is 14.0 Å². The van der Waals surface area contributed by atoms with Gasteiger partial charge in [0.15, 0.2) is 0 Å². The molecule has 0 aliphatic heterocycles. The van der Waals surface area contributed by atoms with Crippen LogP contribution in [0.3, 0.4) is 0 Å². The lowest BCUT2D eigenvalue weighted by molar-refractivity contribution is -0.142. The summed E-state index contributed by atoms with van der Waals surface area (Å²) in [5, 5.41) is 0. The fraction of sp³-hybridized carbons (Fsp3) is 0.273. The van der Waals surface area contributed by atoms with E-state index in [1.54, 1.807) is 18.2 Å². The van der Waals surface area contributed by atoms with E-state index in [-0.39, 0.29) is 12.6 Å². The maximum atomic E-state index is 11.3. The van der Waals surface area contributed by atoms with Crippen molar-refractivity contribution in [2.45, 2.75) is 13.5 Å². The first-order valence-electron chi connectivity index (χ1n) is 4.54. The zero-order valence-electron chi connectivity index (χ0n) is 8.95. The molecule has 1 rings (SSSR count). The summed E-state index contributed by atoms with van der Waals surface area (Å²) in [5.74, 6) is -0.751. The number of hydrogen-bond acceptors (Lipinski definition) is 4. The highest BCUT2D eigenvalue weighted by molar-refractivity contribution is 9.10. The molecule has 0 bridgehead atoms. The molecule has 4 nitrogen and oxygen atoms in total. The first-order chi connectivity index (χ1) is 7.54. The number of methoxy groups -OCH3 is 1. The number of hydrogen-bond donors (Lipinski definition) is 0. The van der Waals surface area contributed by atoms with Gasteiger partial charge in [0.1, 0.15) is 6.61 Å². The van der Waals surface area contributed by atoms with Crippen molar-refractivity contribution in [2.75, 3.05) is 7.11 Å². The van der Waals surface area contributed by atoms with Gasteiger partial charge in [-0.1, -0.05) is 6.07 Å². The van der Waals surface area contributed by atoms with Crippen LogP contribution in [-0.4, -0.2) is 19.0 Å².